The molecule has 0 spiro atoms. The molecule has 1 amide bonds. The molecule has 1 fully saturated rings. The number of ether oxygens (including phenoxy) is 1. The lowest BCUT2D eigenvalue weighted by Gasteiger charge is -2.35. The smallest absolute Gasteiger partial charge is 0.234 e. The minimum absolute atomic E-state index is 0.0465. The van der Waals surface area contributed by atoms with Gasteiger partial charge in [0.1, 0.15) is 0 Å². The number of piperazine rings is 1. The molecule has 0 bridgehead atoms. The predicted octanol–water partition coefficient (Wildman–Crippen LogP) is 1.61. The Bertz CT molecular complexity index is 490. The molecular weight excluding hydrogens is 302 g/mol. The Hall–Kier alpha value is -1.30. The molecule has 2 rings (SSSR count). The molecule has 1 aromatic rings. The maximum atomic E-state index is 12.0. The lowest BCUT2D eigenvalue weighted by atomic mass is 10.2. The summed E-state index contributed by atoms with van der Waals surface area (Å²) in [6.07, 6.45) is 0. The van der Waals surface area contributed by atoms with Crippen LogP contribution in [0.4, 0.5) is 5.69 Å². The average molecular weight is 326 g/mol. The van der Waals surface area contributed by atoms with Crippen molar-refractivity contribution in [2.45, 2.75) is 13.0 Å². The molecular formula is C16H24ClN3O2. The Balaban J connectivity index is 1.76. The van der Waals surface area contributed by atoms with Gasteiger partial charge in [-0.15, -0.1) is 0 Å². The van der Waals surface area contributed by atoms with Crippen molar-refractivity contribution in [3.05, 3.63) is 29.3 Å². The molecule has 0 aromatic heterocycles. The van der Waals surface area contributed by atoms with Crippen molar-refractivity contribution in [2.75, 3.05) is 51.3 Å². The normalized spacial score (nSPS) is 17.3. The highest BCUT2D eigenvalue weighted by molar-refractivity contribution is 6.30. The van der Waals surface area contributed by atoms with Crippen LogP contribution < -0.4 is 10.2 Å². The molecule has 1 aliphatic rings. The van der Waals surface area contributed by atoms with E-state index in [1.54, 1.807) is 7.11 Å². The SMILES string of the molecule is COC[C@H](C)NC(=O)CN1CCN(c2cccc(Cl)c2)CC1. The van der Waals surface area contributed by atoms with Crippen molar-refractivity contribution >= 4 is 23.2 Å². The molecule has 0 radical (unpaired) electrons. The molecule has 0 saturated carbocycles. The maximum absolute atomic E-state index is 12.0. The quantitative estimate of drug-likeness (QED) is 0.863. The fourth-order valence-corrected chi connectivity index (χ4v) is 2.84. The number of halogens is 1. The summed E-state index contributed by atoms with van der Waals surface area (Å²) in [5.41, 5.74) is 1.14. The Morgan fingerprint density at radius 2 is 2.09 bits per heavy atom. The molecule has 122 valence electrons. The molecule has 1 heterocycles. The summed E-state index contributed by atoms with van der Waals surface area (Å²) in [6, 6.07) is 7.95. The number of carbonyl (C=O) groups excluding carboxylic acids is 1. The van der Waals surface area contributed by atoms with E-state index < -0.39 is 0 Å². The predicted molar refractivity (Wildman–Crippen MR) is 89.6 cm³/mol. The van der Waals surface area contributed by atoms with Crippen molar-refractivity contribution in [2.24, 2.45) is 0 Å². The van der Waals surface area contributed by atoms with Gasteiger partial charge in [0, 0.05) is 50.0 Å². The van der Waals surface area contributed by atoms with Gasteiger partial charge in [-0.25, -0.2) is 0 Å². The average Bonchev–Trinajstić information content (AvgIpc) is 2.48. The lowest BCUT2D eigenvalue weighted by molar-refractivity contribution is -0.123. The Morgan fingerprint density at radius 1 is 1.36 bits per heavy atom. The fraction of sp³-hybridized carbons (Fsp3) is 0.562. The van der Waals surface area contributed by atoms with E-state index in [1.807, 2.05) is 25.1 Å². The minimum Gasteiger partial charge on any atom is -0.383 e. The molecule has 0 unspecified atom stereocenters. The van der Waals surface area contributed by atoms with E-state index in [2.05, 4.69) is 21.2 Å². The van der Waals surface area contributed by atoms with Crippen molar-refractivity contribution in [3.63, 3.8) is 0 Å². The number of anilines is 1. The van der Waals surface area contributed by atoms with E-state index in [-0.39, 0.29) is 11.9 Å². The first-order valence-electron chi connectivity index (χ1n) is 7.59. The molecule has 1 saturated heterocycles. The van der Waals surface area contributed by atoms with Gasteiger partial charge < -0.3 is 15.0 Å². The molecule has 22 heavy (non-hydrogen) atoms. The van der Waals surface area contributed by atoms with Crippen LogP contribution in [0, 0.1) is 0 Å². The van der Waals surface area contributed by atoms with Crippen LogP contribution in [0.5, 0.6) is 0 Å². The summed E-state index contributed by atoms with van der Waals surface area (Å²) >= 11 is 6.04. The summed E-state index contributed by atoms with van der Waals surface area (Å²) < 4.78 is 5.02. The van der Waals surface area contributed by atoms with Gasteiger partial charge in [0.15, 0.2) is 0 Å². The first kappa shape index (κ1) is 17.1. The van der Waals surface area contributed by atoms with Gasteiger partial charge in [0.25, 0.3) is 0 Å². The topological polar surface area (TPSA) is 44.8 Å². The van der Waals surface area contributed by atoms with Gasteiger partial charge in [0.2, 0.25) is 5.91 Å². The zero-order valence-electron chi connectivity index (χ0n) is 13.2. The standard InChI is InChI=1S/C16H24ClN3O2/c1-13(12-22-2)18-16(21)11-19-6-8-20(9-7-19)15-5-3-4-14(17)10-15/h3-5,10,13H,6-9,11-12H2,1-2H3,(H,18,21)/t13-/m0/s1. The van der Waals surface area contributed by atoms with Crippen LogP contribution in [0.25, 0.3) is 0 Å². The molecule has 1 aliphatic heterocycles. The van der Waals surface area contributed by atoms with Crippen LogP contribution in [0.2, 0.25) is 5.02 Å². The monoisotopic (exact) mass is 325 g/mol. The van der Waals surface area contributed by atoms with Gasteiger partial charge in [-0.1, -0.05) is 17.7 Å². The Kier molecular flexibility index (Phi) is 6.49. The van der Waals surface area contributed by atoms with E-state index in [1.165, 1.54) is 0 Å². The summed E-state index contributed by atoms with van der Waals surface area (Å²) in [7, 11) is 1.64. The molecule has 1 N–H and O–H groups in total. The highest BCUT2D eigenvalue weighted by Crippen LogP contribution is 2.20. The number of methoxy groups -OCH3 is 1. The molecule has 0 aliphatic carbocycles. The number of rotatable bonds is 6. The third kappa shape index (κ3) is 5.16. The zero-order valence-corrected chi connectivity index (χ0v) is 14.0. The highest BCUT2D eigenvalue weighted by atomic mass is 35.5. The third-order valence-electron chi connectivity index (χ3n) is 3.74. The number of amides is 1. The van der Waals surface area contributed by atoms with E-state index in [9.17, 15) is 4.79 Å². The first-order chi connectivity index (χ1) is 10.6. The van der Waals surface area contributed by atoms with Crippen molar-refractivity contribution < 1.29 is 9.53 Å². The molecule has 5 nitrogen and oxygen atoms in total. The van der Waals surface area contributed by atoms with Crippen LogP contribution in [0.15, 0.2) is 24.3 Å². The highest BCUT2D eigenvalue weighted by Gasteiger charge is 2.19. The van der Waals surface area contributed by atoms with Crippen molar-refractivity contribution in [3.8, 4) is 0 Å². The van der Waals surface area contributed by atoms with Gasteiger partial charge in [-0.3, -0.25) is 9.69 Å². The number of nitrogens with zero attached hydrogens (tertiary/aromatic N) is 2. The Labute approximate surface area is 137 Å². The molecule has 6 heteroatoms. The summed E-state index contributed by atoms with van der Waals surface area (Å²) in [6.45, 7) is 6.48. The number of carbonyl (C=O) groups is 1. The first-order valence-corrected chi connectivity index (χ1v) is 7.97. The number of nitrogens with one attached hydrogen (secondary N) is 1. The minimum atomic E-state index is 0.0465. The lowest BCUT2D eigenvalue weighted by Crippen LogP contribution is -2.50. The molecule has 1 aromatic carbocycles. The zero-order chi connectivity index (χ0) is 15.9. The van der Waals surface area contributed by atoms with Gasteiger partial charge in [-0.05, 0) is 25.1 Å². The second-order valence-electron chi connectivity index (χ2n) is 5.67. The van der Waals surface area contributed by atoms with Crippen molar-refractivity contribution in [1.82, 2.24) is 10.2 Å². The second kappa shape index (κ2) is 8.36. The number of hydrogen-bond donors (Lipinski definition) is 1. The number of hydrogen-bond acceptors (Lipinski definition) is 4. The van der Waals surface area contributed by atoms with Crippen LogP contribution >= 0.6 is 11.6 Å². The second-order valence-corrected chi connectivity index (χ2v) is 6.10. The van der Waals surface area contributed by atoms with Gasteiger partial charge >= 0.3 is 0 Å². The van der Waals surface area contributed by atoms with Crippen LogP contribution in [-0.4, -0.2) is 63.3 Å². The van der Waals surface area contributed by atoms with E-state index in [0.717, 1.165) is 36.9 Å². The largest absolute Gasteiger partial charge is 0.383 e. The van der Waals surface area contributed by atoms with E-state index >= 15 is 0 Å². The van der Waals surface area contributed by atoms with Gasteiger partial charge in [-0.2, -0.15) is 0 Å². The van der Waals surface area contributed by atoms with Crippen molar-refractivity contribution in [1.29, 1.82) is 0 Å². The fourth-order valence-electron chi connectivity index (χ4n) is 2.65. The number of benzene rings is 1. The van der Waals surface area contributed by atoms with Crippen LogP contribution in [0.3, 0.4) is 0 Å². The maximum Gasteiger partial charge on any atom is 0.234 e. The van der Waals surface area contributed by atoms with Crippen LogP contribution in [-0.2, 0) is 9.53 Å². The summed E-state index contributed by atoms with van der Waals surface area (Å²) in [5.74, 6) is 0.0563. The summed E-state index contributed by atoms with van der Waals surface area (Å²) in [4.78, 5) is 16.4. The third-order valence-corrected chi connectivity index (χ3v) is 3.97. The van der Waals surface area contributed by atoms with E-state index in [0.29, 0.717) is 13.2 Å². The van der Waals surface area contributed by atoms with Gasteiger partial charge in [0.05, 0.1) is 13.2 Å². The van der Waals surface area contributed by atoms with E-state index in [4.69, 9.17) is 16.3 Å². The van der Waals surface area contributed by atoms with Crippen LogP contribution in [0.1, 0.15) is 6.92 Å². The Morgan fingerprint density at radius 3 is 2.73 bits per heavy atom. The molecule has 1 atom stereocenters. The summed E-state index contributed by atoms with van der Waals surface area (Å²) in [5, 5.41) is 3.70.